The maximum absolute atomic E-state index is 14.1. The van der Waals surface area contributed by atoms with Gasteiger partial charge in [-0.15, -0.1) is 0 Å². The zero-order valence-electron chi connectivity index (χ0n) is 12.9. The van der Waals surface area contributed by atoms with Crippen LogP contribution in [0, 0.1) is 5.82 Å². The zero-order chi connectivity index (χ0) is 15.4. The lowest BCUT2D eigenvalue weighted by molar-refractivity contribution is -0.120. The Balaban J connectivity index is 2.05. The molecule has 5 heteroatoms. The largest absolute Gasteiger partial charge is 0.365 e. The third kappa shape index (κ3) is 4.70. The first kappa shape index (κ1) is 15.8. The number of anilines is 1. The van der Waals surface area contributed by atoms with Crippen molar-refractivity contribution in [1.82, 2.24) is 10.6 Å². The summed E-state index contributed by atoms with van der Waals surface area (Å²) in [5.41, 5.74) is 1.39. The van der Waals surface area contributed by atoms with Gasteiger partial charge in [0, 0.05) is 36.9 Å². The van der Waals surface area contributed by atoms with Crippen molar-refractivity contribution in [3.05, 3.63) is 29.6 Å². The van der Waals surface area contributed by atoms with E-state index in [4.69, 9.17) is 0 Å². The van der Waals surface area contributed by atoms with Crippen molar-refractivity contribution in [2.24, 2.45) is 0 Å². The predicted molar refractivity (Wildman–Crippen MR) is 82.8 cm³/mol. The maximum atomic E-state index is 14.1. The molecule has 1 aromatic carbocycles. The van der Waals surface area contributed by atoms with Gasteiger partial charge in [0.05, 0.1) is 6.54 Å². The number of likely N-dealkylation sites (N-methyl/N-ethyl adjacent to an activating group) is 1. The average molecular weight is 293 g/mol. The molecular formula is C16H24FN3O. The van der Waals surface area contributed by atoms with Crippen molar-refractivity contribution < 1.29 is 9.18 Å². The molecule has 2 N–H and O–H groups in total. The molecule has 1 saturated carbocycles. The molecule has 4 nitrogen and oxygen atoms in total. The smallest absolute Gasteiger partial charge is 0.239 e. The lowest BCUT2D eigenvalue weighted by Crippen LogP contribution is -2.39. The molecule has 0 saturated heterocycles. The fraction of sp³-hybridized carbons (Fsp3) is 0.562. The fourth-order valence-electron chi connectivity index (χ4n) is 2.28. The first-order valence-electron chi connectivity index (χ1n) is 7.48. The Hall–Kier alpha value is -1.62. The lowest BCUT2D eigenvalue weighted by Gasteiger charge is -2.23. The van der Waals surface area contributed by atoms with E-state index < -0.39 is 0 Å². The van der Waals surface area contributed by atoms with E-state index in [0.29, 0.717) is 18.2 Å². The summed E-state index contributed by atoms with van der Waals surface area (Å²) in [4.78, 5) is 13.6. The van der Waals surface area contributed by atoms with E-state index in [0.717, 1.165) is 18.5 Å². The summed E-state index contributed by atoms with van der Waals surface area (Å²) in [6.07, 6.45) is 2.33. The first-order chi connectivity index (χ1) is 9.97. The topological polar surface area (TPSA) is 44.4 Å². The maximum Gasteiger partial charge on any atom is 0.239 e. The van der Waals surface area contributed by atoms with Crippen LogP contribution in [0.15, 0.2) is 18.2 Å². The molecule has 0 atom stereocenters. The highest BCUT2D eigenvalue weighted by molar-refractivity contribution is 5.81. The Kier molecular flexibility index (Phi) is 5.17. The van der Waals surface area contributed by atoms with Crippen LogP contribution >= 0.6 is 0 Å². The Labute approximate surface area is 125 Å². The van der Waals surface area contributed by atoms with Gasteiger partial charge in [-0.25, -0.2) is 4.39 Å². The van der Waals surface area contributed by atoms with Gasteiger partial charge in [0.2, 0.25) is 5.91 Å². The highest BCUT2D eigenvalue weighted by Crippen LogP contribution is 2.25. The number of hydrogen-bond acceptors (Lipinski definition) is 3. The Morgan fingerprint density at radius 1 is 1.43 bits per heavy atom. The van der Waals surface area contributed by atoms with Crippen LogP contribution in [-0.4, -0.2) is 31.6 Å². The van der Waals surface area contributed by atoms with Crippen LogP contribution in [0.1, 0.15) is 32.3 Å². The van der Waals surface area contributed by atoms with Gasteiger partial charge in [0.1, 0.15) is 5.82 Å². The molecule has 2 rings (SSSR count). The minimum Gasteiger partial charge on any atom is -0.365 e. The highest BCUT2D eigenvalue weighted by Gasteiger charge is 2.22. The number of rotatable bonds is 7. The summed E-state index contributed by atoms with van der Waals surface area (Å²) in [6, 6.07) is 5.63. The summed E-state index contributed by atoms with van der Waals surface area (Å²) in [5.74, 6) is -0.283. The van der Waals surface area contributed by atoms with Crippen LogP contribution in [0.4, 0.5) is 10.1 Å². The van der Waals surface area contributed by atoms with Gasteiger partial charge in [-0.1, -0.05) is 6.07 Å². The van der Waals surface area contributed by atoms with Gasteiger partial charge < -0.3 is 15.5 Å². The summed E-state index contributed by atoms with van der Waals surface area (Å²) in [5, 5.41) is 6.18. The number of nitrogens with one attached hydrogen (secondary N) is 2. The number of hydrogen-bond donors (Lipinski definition) is 2. The predicted octanol–water partition coefficient (Wildman–Crippen LogP) is 2.04. The van der Waals surface area contributed by atoms with E-state index in [1.807, 2.05) is 27.0 Å². The third-order valence-corrected chi connectivity index (χ3v) is 3.48. The number of halogens is 1. The number of carbonyl (C=O) groups is 1. The van der Waals surface area contributed by atoms with E-state index in [2.05, 4.69) is 10.6 Å². The van der Waals surface area contributed by atoms with Crippen molar-refractivity contribution in [3.8, 4) is 0 Å². The Bertz CT molecular complexity index is 500. The number of benzene rings is 1. The Morgan fingerprint density at radius 2 is 2.14 bits per heavy atom. The SMILES string of the molecule is CC(C)NC(=O)CN(C)c1cccc(F)c1CNC1CC1. The summed E-state index contributed by atoms with van der Waals surface area (Å²) in [6.45, 7) is 4.57. The number of carbonyl (C=O) groups excluding carboxylic acids is 1. The van der Waals surface area contributed by atoms with Crippen LogP contribution in [0.2, 0.25) is 0 Å². The monoisotopic (exact) mass is 293 g/mol. The minimum absolute atomic E-state index is 0.0575. The second-order valence-corrected chi connectivity index (χ2v) is 5.97. The average Bonchev–Trinajstić information content (AvgIpc) is 3.19. The molecule has 0 radical (unpaired) electrons. The lowest BCUT2D eigenvalue weighted by atomic mass is 10.1. The molecular weight excluding hydrogens is 269 g/mol. The highest BCUT2D eigenvalue weighted by atomic mass is 19.1. The van der Waals surface area contributed by atoms with Gasteiger partial charge in [-0.2, -0.15) is 0 Å². The molecule has 1 aliphatic rings. The molecule has 116 valence electrons. The van der Waals surface area contributed by atoms with E-state index in [9.17, 15) is 9.18 Å². The molecule has 0 heterocycles. The normalized spacial score (nSPS) is 14.3. The van der Waals surface area contributed by atoms with E-state index in [1.54, 1.807) is 11.0 Å². The molecule has 1 amide bonds. The van der Waals surface area contributed by atoms with Crippen molar-refractivity contribution in [3.63, 3.8) is 0 Å². The van der Waals surface area contributed by atoms with Crippen LogP contribution < -0.4 is 15.5 Å². The fourth-order valence-corrected chi connectivity index (χ4v) is 2.28. The molecule has 1 aliphatic carbocycles. The van der Waals surface area contributed by atoms with Gasteiger partial charge in [0.25, 0.3) is 0 Å². The molecule has 1 aromatic rings. The summed E-state index contributed by atoms with van der Waals surface area (Å²) >= 11 is 0. The first-order valence-corrected chi connectivity index (χ1v) is 7.48. The molecule has 0 spiro atoms. The van der Waals surface area contributed by atoms with Gasteiger partial charge >= 0.3 is 0 Å². The van der Waals surface area contributed by atoms with Crippen LogP contribution in [0.25, 0.3) is 0 Å². The van der Waals surface area contributed by atoms with E-state index in [-0.39, 0.29) is 24.3 Å². The van der Waals surface area contributed by atoms with Crippen molar-refractivity contribution in [2.75, 3.05) is 18.5 Å². The number of nitrogens with zero attached hydrogens (tertiary/aromatic N) is 1. The van der Waals surface area contributed by atoms with Crippen LogP contribution in [-0.2, 0) is 11.3 Å². The summed E-state index contributed by atoms with van der Waals surface area (Å²) < 4.78 is 14.1. The minimum atomic E-state index is -0.225. The third-order valence-electron chi connectivity index (χ3n) is 3.48. The van der Waals surface area contributed by atoms with Crippen molar-refractivity contribution >= 4 is 11.6 Å². The van der Waals surface area contributed by atoms with Gasteiger partial charge in [-0.3, -0.25) is 4.79 Å². The molecule has 0 unspecified atom stereocenters. The zero-order valence-corrected chi connectivity index (χ0v) is 12.9. The molecule has 21 heavy (non-hydrogen) atoms. The van der Waals surface area contributed by atoms with Gasteiger partial charge in [-0.05, 0) is 38.8 Å². The van der Waals surface area contributed by atoms with Crippen molar-refractivity contribution in [2.45, 2.75) is 45.3 Å². The molecule has 0 aromatic heterocycles. The Morgan fingerprint density at radius 3 is 2.76 bits per heavy atom. The van der Waals surface area contributed by atoms with Crippen LogP contribution in [0.5, 0.6) is 0 Å². The summed E-state index contributed by atoms with van der Waals surface area (Å²) in [7, 11) is 1.81. The number of amides is 1. The second kappa shape index (κ2) is 6.89. The molecule has 0 bridgehead atoms. The van der Waals surface area contributed by atoms with E-state index in [1.165, 1.54) is 6.07 Å². The molecule has 0 aliphatic heterocycles. The van der Waals surface area contributed by atoms with Crippen LogP contribution in [0.3, 0.4) is 0 Å². The second-order valence-electron chi connectivity index (χ2n) is 5.97. The standard InChI is InChI=1S/C16H24FN3O/c1-11(2)19-16(21)10-20(3)15-6-4-5-14(17)13(15)9-18-12-7-8-12/h4-6,11-12,18H,7-10H2,1-3H3,(H,19,21). The quantitative estimate of drug-likeness (QED) is 0.808. The van der Waals surface area contributed by atoms with Gasteiger partial charge in [0.15, 0.2) is 0 Å². The van der Waals surface area contributed by atoms with Crippen molar-refractivity contribution in [1.29, 1.82) is 0 Å². The molecule has 1 fully saturated rings. The van der Waals surface area contributed by atoms with E-state index >= 15 is 0 Å².